The molecule has 0 saturated carbocycles. The van der Waals surface area contributed by atoms with E-state index in [-0.39, 0.29) is 18.1 Å². The number of hydrogen-bond donors (Lipinski definition) is 3. The highest BCUT2D eigenvalue weighted by Crippen LogP contribution is 2.33. The van der Waals surface area contributed by atoms with E-state index in [0.29, 0.717) is 30.5 Å². The molecule has 10 nitrogen and oxygen atoms in total. The second-order valence-corrected chi connectivity index (χ2v) is 11.8. The lowest BCUT2D eigenvalue weighted by atomic mass is 9.73. The summed E-state index contributed by atoms with van der Waals surface area (Å²) in [6, 6.07) is -0.763. The van der Waals surface area contributed by atoms with Crippen molar-refractivity contribution in [2.75, 3.05) is 0 Å². The summed E-state index contributed by atoms with van der Waals surface area (Å²) in [5, 5.41) is 39.1. The van der Waals surface area contributed by atoms with Gasteiger partial charge in [0.25, 0.3) is 0 Å². The van der Waals surface area contributed by atoms with E-state index < -0.39 is 54.2 Å². The van der Waals surface area contributed by atoms with Crippen molar-refractivity contribution in [3.63, 3.8) is 0 Å². The molecule has 1 fully saturated rings. The number of aliphatic hydroxyl groups is 3. The summed E-state index contributed by atoms with van der Waals surface area (Å²) in [4.78, 5) is 33.4. The molecule has 1 aliphatic rings. The number of hydrogen-bond acceptors (Lipinski definition) is 9. The van der Waals surface area contributed by atoms with Crippen LogP contribution in [0.3, 0.4) is 0 Å². The molecule has 1 aromatic rings. The van der Waals surface area contributed by atoms with E-state index in [1.54, 1.807) is 33.8 Å². The summed E-state index contributed by atoms with van der Waals surface area (Å²) in [7, 11) is 0. The summed E-state index contributed by atoms with van der Waals surface area (Å²) in [6.07, 6.45) is -1.47. The number of Topliss-reactive ketones (excluding diaryl/α,β-unsaturated/α-hetero) is 1. The Kier molecular flexibility index (Phi) is 11.3. The minimum atomic E-state index is -1.34. The van der Waals surface area contributed by atoms with Crippen molar-refractivity contribution in [1.82, 2.24) is 4.98 Å². The van der Waals surface area contributed by atoms with Crippen LogP contribution in [0.5, 0.6) is 0 Å². The minimum Gasteiger partial charge on any atom is -0.458 e. The van der Waals surface area contributed by atoms with Crippen molar-refractivity contribution in [2.24, 2.45) is 22.4 Å². The van der Waals surface area contributed by atoms with Crippen LogP contribution < -0.4 is 0 Å². The maximum absolute atomic E-state index is 13.2. The van der Waals surface area contributed by atoms with Crippen LogP contribution in [0.2, 0.25) is 0 Å². The number of thiazole rings is 1. The molecule has 2 rings (SSSR count). The number of ketones is 1. The second kappa shape index (κ2) is 13.5. The second-order valence-electron chi connectivity index (χ2n) is 10.7. The fraction of sp³-hybridized carbons (Fsp3) is 0.731. The first-order chi connectivity index (χ1) is 17.3. The molecule has 0 amide bonds. The van der Waals surface area contributed by atoms with Gasteiger partial charge in [0.2, 0.25) is 0 Å². The first kappa shape index (κ1) is 30.9. The monoisotopic (exact) mass is 536 g/mol. The van der Waals surface area contributed by atoms with E-state index in [2.05, 4.69) is 15.0 Å². The van der Waals surface area contributed by atoms with Crippen LogP contribution in [0.1, 0.15) is 77.4 Å². The smallest absolute Gasteiger partial charge is 0.309 e. The zero-order valence-corrected chi connectivity index (χ0v) is 23.3. The molecule has 7 atom stereocenters. The van der Waals surface area contributed by atoms with Crippen LogP contribution in [-0.4, -0.2) is 62.5 Å². The standard InChI is InChI=1S/C26H40N4O6S/c1-14-8-7-9-19(29-30-27)20(31)11-21(15(2)10-18-13-37-17(4)28-18)36-23(33)12-22(32)26(5,6)25(35)16(3)24(14)34/h10,13-14,16,19-22,24,31-32,34H,7-9,11-12H2,1-6H3/t14-,16+,19+,20+,21-,22-,24-/m0/s1. The maximum Gasteiger partial charge on any atom is 0.309 e. The molecule has 0 aliphatic carbocycles. The van der Waals surface area contributed by atoms with E-state index in [1.165, 1.54) is 11.3 Å². The third-order valence-corrected chi connectivity index (χ3v) is 8.18. The Labute approximate surface area is 222 Å². The number of ether oxygens (including phenoxy) is 1. The molecule has 37 heavy (non-hydrogen) atoms. The molecule has 1 aromatic heterocycles. The lowest BCUT2D eigenvalue weighted by Gasteiger charge is -2.35. The van der Waals surface area contributed by atoms with Gasteiger partial charge in [0.15, 0.2) is 0 Å². The van der Waals surface area contributed by atoms with Gasteiger partial charge in [-0.1, -0.05) is 39.2 Å². The zero-order valence-electron chi connectivity index (χ0n) is 22.5. The highest BCUT2D eigenvalue weighted by atomic mass is 32.1. The summed E-state index contributed by atoms with van der Waals surface area (Å²) in [5.74, 6) is -2.08. The first-order valence-corrected chi connectivity index (χ1v) is 13.6. The van der Waals surface area contributed by atoms with Crippen LogP contribution in [-0.2, 0) is 14.3 Å². The molecule has 0 aromatic carbocycles. The van der Waals surface area contributed by atoms with Crippen molar-refractivity contribution in [3.8, 4) is 0 Å². The average molecular weight is 537 g/mol. The van der Waals surface area contributed by atoms with Gasteiger partial charge in [0.05, 0.1) is 46.9 Å². The normalized spacial score (nSPS) is 32.9. The Morgan fingerprint density at radius 2 is 1.95 bits per heavy atom. The molecular weight excluding hydrogens is 496 g/mol. The molecule has 0 unspecified atom stereocenters. The van der Waals surface area contributed by atoms with Crippen molar-refractivity contribution in [2.45, 2.75) is 104 Å². The quantitative estimate of drug-likeness (QED) is 0.223. The molecule has 3 N–H and O–H groups in total. The fourth-order valence-electron chi connectivity index (χ4n) is 4.71. The van der Waals surface area contributed by atoms with Gasteiger partial charge < -0.3 is 20.1 Å². The lowest BCUT2D eigenvalue weighted by molar-refractivity contribution is -0.155. The van der Waals surface area contributed by atoms with Crippen molar-refractivity contribution >= 4 is 29.2 Å². The third-order valence-electron chi connectivity index (χ3n) is 7.39. The molecule has 1 aliphatic heterocycles. The van der Waals surface area contributed by atoms with E-state index in [4.69, 9.17) is 10.3 Å². The average Bonchev–Trinajstić information content (AvgIpc) is 3.24. The van der Waals surface area contributed by atoms with Crippen molar-refractivity contribution in [3.05, 3.63) is 32.1 Å². The van der Waals surface area contributed by atoms with E-state index in [9.17, 15) is 24.9 Å². The molecule has 0 radical (unpaired) electrons. The molecule has 0 spiro atoms. The van der Waals surface area contributed by atoms with E-state index in [1.807, 2.05) is 19.2 Å². The number of cyclic esters (lactones) is 1. The maximum atomic E-state index is 13.2. The summed E-state index contributed by atoms with van der Waals surface area (Å²) < 4.78 is 5.71. The summed E-state index contributed by atoms with van der Waals surface area (Å²) >= 11 is 1.48. The lowest BCUT2D eigenvalue weighted by Crippen LogP contribution is -2.46. The predicted molar refractivity (Wildman–Crippen MR) is 142 cm³/mol. The van der Waals surface area contributed by atoms with Gasteiger partial charge in [0, 0.05) is 22.6 Å². The fourth-order valence-corrected chi connectivity index (χ4v) is 5.28. The molecule has 1 saturated heterocycles. The number of aliphatic hydroxyl groups excluding tert-OH is 3. The zero-order chi connectivity index (χ0) is 27.9. The third kappa shape index (κ3) is 8.35. The van der Waals surface area contributed by atoms with Gasteiger partial charge in [-0.25, -0.2) is 4.98 Å². The minimum absolute atomic E-state index is 0.0193. The molecule has 2 heterocycles. The highest BCUT2D eigenvalue weighted by Gasteiger charge is 2.42. The van der Waals surface area contributed by atoms with Crippen LogP contribution in [0.15, 0.2) is 16.1 Å². The Hall–Kier alpha value is -2.30. The number of aromatic nitrogens is 1. The van der Waals surface area contributed by atoms with Gasteiger partial charge in [-0.15, -0.1) is 11.3 Å². The number of rotatable bonds is 3. The molecular formula is C26H40N4O6S. The van der Waals surface area contributed by atoms with Crippen LogP contribution in [0.25, 0.3) is 16.5 Å². The highest BCUT2D eigenvalue weighted by molar-refractivity contribution is 7.09. The Bertz CT molecular complexity index is 1020. The van der Waals surface area contributed by atoms with Gasteiger partial charge in [0.1, 0.15) is 11.9 Å². The Morgan fingerprint density at radius 3 is 2.54 bits per heavy atom. The number of carbonyl (C=O) groups is 2. The Balaban J connectivity index is 2.41. The molecule has 0 bridgehead atoms. The molecule has 206 valence electrons. The predicted octanol–water partition coefficient (Wildman–Crippen LogP) is 4.36. The number of esters is 1. The van der Waals surface area contributed by atoms with Gasteiger partial charge in [-0.2, -0.15) is 0 Å². The number of nitrogens with zero attached hydrogens (tertiary/aromatic N) is 4. The summed E-state index contributed by atoms with van der Waals surface area (Å²) in [6.45, 7) is 10.2. The Morgan fingerprint density at radius 1 is 1.27 bits per heavy atom. The number of azide groups is 1. The number of aryl methyl sites for hydroxylation is 1. The topological polar surface area (TPSA) is 166 Å². The van der Waals surface area contributed by atoms with Crippen molar-refractivity contribution < 1.29 is 29.6 Å². The van der Waals surface area contributed by atoms with Crippen LogP contribution in [0.4, 0.5) is 0 Å². The number of carbonyl (C=O) groups excluding carboxylic acids is 2. The largest absolute Gasteiger partial charge is 0.458 e. The van der Waals surface area contributed by atoms with Crippen molar-refractivity contribution in [1.29, 1.82) is 0 Å². The van der Waals surface area contributed by atoms with Crippen LogP contribution >= 0.6 is 11.3 Å². The first-order valence-electron chi connectivity index (χ1n) is 12.7. The van der Waals surface area contributed by atoms with Gasteiger partial charge >= 0.3 is 5.97 Å². The van der Waals surface area contributed by atoms with E-state index in [0.717, 1.165) is 5.01 Å². The van der Waals surface area contributed by atoms with Gasteiger partial charge in [-0.05, 0) is 49.8 Å². The van der Waals surface area contributed by atoms with Gasteiger partial charge in [-0.3, -0.25) is 9.59 Å². The summed E-state index contributed by atoms with van der Waals surface area (Å²) in [5.41, 5.74) is 9.10. The SMILES string of the molecule is CC(=Cc1csc(C)n1)[C@@H]1C[C@@H](O)[C@H](N=[N+]=[N-])CCC[C@H](C)[C@H](O)[C@@H](C)C(=O)C(C)(C)[C@@H](O)CC(=O)O1. The molecule has 11 heteroatoms. The van der Waals surface area contributed by atoms with Crippen LogP contribution in [0, 0.1) is 24.2 Å². The van der Waals surface area contributed by atoms with E-state index >= 15 is 0 Å².